The predicted molar refractivity (Wildman–Crippen MR) is 115 cm³/mol. The number of nitrogens with one attached hydrogen (secondary N) is 1. The van der Waals surface area contributed by atoms with Crippen LogP contribution in [0, 0.1) is 0 Å². The molecule has 10 heteroatoms. The van der Waals surface area contributed by atoms with Gasteiger partial charge in [-0.15, -0.1) is 0 Å². The number of sulfonamides is 1. The van der Waals surface area contributed by atoms with Gasteiger partial charge < -0.3 is 14.8 Å². The minimum absolute atomic E-state index is 0.0147. The average Bonchev–Trinajstić information content (AvgIpc) is 2.73. The van der Waals surface area contributed by atoms with Gasteiger partial charge in [-0.25, -0.2) is 8.42 Å². The van der Waals surface area contributed by atoms with Crippen molar-refractivity contribution in [2.45, 2.75) is 17.9 Å². The van der Waals surface area contributed by atoms with Crippen LogP contribution in [0.2, 0.25) is 10.0 Å². The Morgan fingerprint density at radius 3 is 2.57 bits per heavy atom. The fraction of sp³-hybridized carbons (Fsp3) is 0.350. The zero-order valence-electron chi connectivity index (χ0n) is 16.4. The fourth-order valence-electron chi connectivity index (χ4n) is 3.07. The molecular weight excluding hydrogens is 451 g/mol. The number of hydrogen-bond acceptors (Lipinski definition) is 5. The second-order valence-corrected chi connectivity index (χ2v) is 9.44. The zero-order valence-corrected chi connectivity index (χ0v) is 18.7. The summed E-state index contributed by atoms with van der Waals surface area (Å²) in [5, 5.41) is 3.76. The van der Waals surface area contributed by atoms with Crippen molar-refractivity contribution in [3.05, 3.63) is 57.6 Å². The van der Waals surface area contributed by atoms with Crippen LogP contribution in [0.4, 0.5) is 0 Å². The number of carbonyl (C=O) groups excluding carboxylic acids is 1. The van der Waals surface area contributed by atoms with Crippen molar-refractivity contribution in [3.8, 4) is 5.75 Å². The third kappa shape index (κ3) is 5.44. The maximum Gasteiger partial charge on any atom is 0.246 e. The van der Waals surface area contributed by atoms with Crippen molar-refractivity contribution in [2.24, 2.45) is 0 Å². The number of morpholine rings is 1. The third-order valence-electron chi connectivity index (χ3n) is 4.67. The Labute approximate surface area is 185 Å². The zero-order chi connectivity index (χ0) is 21.7. The lowest BCUT2D eigenvalue weighted by molar-refractivity contribution is -0.120. The van der Waals surface area contributed by atoms with Crippen LogP contribution >= 0.6 is 23.2 Å². The highest BCUT2D eigenvalue weighted by molar-refractivity contribution is 7.89. The van der Waals surface area contributed by atoms with Gasteiger partial charge in [0.2, 0.25) is 15.9 Å². The number of halogens is 2. The van der Waals surface area contributed by atoms with E-state index in [1.165, 1.54) is 17.5 Å². The maximum atomic E-state index is 13.0. The molecule has 1 heterocycles. The third-order valence-corrected chi connectivity index (χ3v) is 7.18. The first-order chi connectivity index (χ1) is 14.3. The summed E-state index contributed by atoms with van der Waals surface area (Å²) in [5.74, 6) is -0.0282. The molecule has 0 atom stereocenters. The van der Waals surface area contributed by atoms with Gasteiger partial charge in [-0.2, -0.15) is 4.31 Å². The van der Waals surface area contributed by atoms with Crippen molar-refractivity contribution < 1.29 is 22.7 Å². The number of nitrogens with zero attached hydrogens (tertiary/aromatic N) is 1. The summed E-state index contributed by atoms with van der Waals surface area (Å²) in [4.78, 5) is 12.4. The minimum atomic E-state index is -3.76. The number of methoxy groups -OCH3 is 1. The predicted octanol–water partition coefficient (Wildman–Crippen LogP) is 2.88. The molecule has 1 saturated heterocycles. The Morgan fingerprint density at radius 2 is 1.90 bits per heavy atom. The Balaban J connectivity index is 1.73. The molecule has 1 amide bonds. The lowest BCUT2D eigenvalue weighted by Gasteiger charge is -2.26. The normalized spacial score (nSPS) is 15.0. The average molecular weight is 473 g/mol. The van der Waals surface area contributed by atoms with E-state index in [-0.39, 0.29) is 42.6 Å². The van der Waals surface area contributed by atoms with E-state index in [4.69, 9.17) is 32.7 Å². The molecule has 0 aliphatic carbocycles. The van der Waals surface area contributed by atoms with E-state index < -0.39 is 10.0 Å². The van der Waals surface area contributed by atoms with Crippen LogP contribution in [0.3, 0.4) is 0 Å². The molecule has 162 valence electrons. The molecule has 2 aromatic rings. The van der Waals surface area contributed by atoms with Gasteiger partial charge >= 0.3 is 0 Å². The molecule has 1 N–H and O–H groups in total. The highest BCUT2D eigenvalue weighted by Crippen LogP contribution is 2.28. The molecule has 3 rings (SSSR count). The Hall–Kier alpha value is -1.84. The van der Waals surface area contributed by atoms with Gasteiger partial charge in [0.1, 0.15) is 10.6 Å². The summed E-state index contributed by atoms with van der Waals surface area (Å²) in [5.41, 5.74) is 1.29. The van der Waals surface area contributed by atoms with E-state index >= 15 is 0 Å². The van der Waals surface area contributed by atoms with Crippen LogP contribution in [0.5, 0.6) is 5.75 Å². The van der Waals surface area contributed by atoms with Gasteiger partial charge in [0.15, 0.2) is 0 Å². The first-order valence-electron chi connectivity index (χ1n) is 9.26. The van der Waals surface area contributed by atoms with Gasteiger partial charge in [-0.3, -0.25) is 4.79 Å². The first-order valence-corrected chi connectivity index (χ1v) is 11.5. The Bertz CT molecular complexity index is 1020. The number of rotatable bonds is 7. The van der Waals surface area contributed by atoms with Crippen molar-refractivity contribution in [1.82, 2.24) is 9.62 Å². The van der Waals surface area contributed by atoms with Crippen molar-refractivity contribution >= 4 is 39.1 Å². The molecule has 0 radical (unpaired) electrons. The topological polar surface area (TPSA) is 84.9 Å². The van der Waals surface area contributed by atoms with E-state index in [0.717, 1.165) is 5.56 Å². The van der Waals surface area contributed by atoms with Gasteiger partial charge in [-0.05, 0) is 35.4 Å². The molecule has 2 aromatic carbocycles. The molecule has 30 heavy (non-hydrogen) atoms. The monoisotopic (exact) mass is 472 g/mol. The van der Waals surface area contributed by atoms with Crippen LogP contribution in [0.25, 0.3) is 0 Å². The van der Waals surface area contributed by atoms with E-state index in [2.05, 4.69) is 5.32 Å². The van der Waals surface area contributed by atoms with Gasteiger partial charge in [0.25, 0.3) is 0 Å². The second-order valence-electron chi connectivity index (χ2n) is 6.69. The van der Waals surface area contributed by atoms with Crippen molar-refractivity contribution in [3.63, 3.8) is 0 Å². The van der Waals surface area contributed by atoms with Crippen molar-refractivity contribution in [2.75, 3.05) is 33.4 Å². The van der Waals surface area contributed by atoms with Crippen molar-refractivity contribution in [1.29, 1.82) is 0 Å². The molecule has 0 saturated carbocycles. The van der Waals surface area contributed by atoms with Gasteiger partial charge in [-0.1, -0.05) is 35.3 Å². The molecule has 0 bridgehead atoms. The molecule has 1 fully saturated rings. The van der Waals surface area contributed by atoms with Gasteiger partial charge in [0.05, 0.1) is 26.7 Å². The molecule has 0 spiro atoms. The quantitative estimate of drug-likeness (QED) is 0.669. The number of hydrogen-bond donors (Lipinski definition) is 1. The molecule has 0 aromatic heterocycles. The summed E-state index contributed by atoms with van der Waals surface area (Å²) >= 11 is 12.0. The standard InChI is InChI=1S/C20H22Cl2N2O5S/c1-28-18-5-2-14(10-19(18)30(26,27)24-6-8-29-9-7-24)11-20(25)23-13-15-3-4-16(21)12-17(15)22/h2-5,10,12H,6-9,11,13H2,1H3,(H,23,25). The lowest BCUT2D eigenvalue weighted by atomic mass is 10.1. The fourth-order valence-corrected chi connectivity index (χ4v) is 5.15. The summed E-state index contributed by atoms with van der Waals surface area (Å²) in [6.45, 7) is 1.48. The number of amides is 1. The highest BCUT2D eigenvalue weighted by atomic mass is 35.5. The van der Waals surface area contributed by atoms with Gasteiger partial charge in [0, 0.05) is 29.7 Å². The highest BCUT2D eigenvalue weighted by Gasteiger charge is 2.29. The number of ether oxygens (including phenoxy) is 2. The van der Waals surface area contributed by atoms with E-state index in [1.54, 1.807) is 30.3 Å². The molecule has 0 unspecified atom stereocenters. The van der Waals surface area contributed by atoms with Crippen LogP contribution in [-0.4, -0.2) is 52.0 Å². The van der Waals surface area contributed by atoms with E-state index in [1.807, 2.05) is 0 Å². The van der Waals surface area contributed by atoms with E-state index in [0.29, 0.717) is 28.8 Å². The molecular formula is C20H22Cl2N2O5S. The summed E-state index contributed by atoms with van der Waals surface area (Å²) < 4.78 is 37.9. The van der Waals surface area contributed by atoms with Crippen LogP contribution in [0.1, 0.15) is 11.1 Å². The van der Waals surface area contributed by atoms with Crippen LogP contribution in [-0.2, 0) is 32.5 Å². The smallest absolute Gasteiger partial charge is 0.246 e. The second kappa shape index (κ2) is 9.98. The number of benzene rings is 2. The Morgan fingerprint density at radius 1 is 1.17 bits per heavy atom. The summed E-state index contributed by atoms with van der Waals surface area (Å²) in [7, 11) is -2.35. The summed E-state index contributed by atoms with van der Waals surface area (Å²) in [6.07, 6.45) is 0.0147. The Kier molecular flexibility index (Phi) is 7.60. The lowest BCUT2D eigenvalue weighted by Crippen LogP contribution is -2.40. The summed E-state index contributed by atoms with van der Waals surface area (Å²) in [6, 6.07) is 9.76. The maximum absolute atomic E-state index is 13.0. The largest absolute Gasteiger partial charge is 0.495 e. The van der Waals surface area contributed by atoms with E-state index in [9.17, 15) is 13.2 Å². The minimum Gasteiger partial charge on any atom is -0.495 e. The molecule has 7 nitrogen and oxygen atoms in total. The molecule has 1 aliphatic rings. The molecule has 1 aliphatic heterocycles. The number of carbonyl (C=O) groups is 1. The van der Waals surface area contributed by atoms with Crippen LogP contribution < -0.4 is 10.1 Å². The first kappa shape index (κ1) is 22.8. The van der Waals surface area contributed by atoms with Crippen LogP contribution in [0.15, 0.2) is 41.3 Å². The SMILES string of the molecule is COc1ccc(CC(=O)NCc2ccc(Cl)cc2Cl)cc1S(=O)(=O)N1CCOCC1.